The first-order valence-electron chi connectivity index (χ1n) is 15.4. The van der Waals surface area contributed by atoms with Crippen LogP contribution in [0, 0.1) is 0 Å². The van der Waals surface area contributed by atoms with E-state index in [-0.39, 0.29) is 0 Å². The lowest BCUT2D eigenvalue weighted by Crippen LogP contribution is -2.11. The maximum Gasteiger partial charge on any atom is 0.0534 e. The van der Waals surface area contributed by atoms with Crippen molar-refractivity contribution in [2.75, 3.05) is 9.80 Å². The molecule has 0 unspecified atom stereocenters. The highest BCUT2D eigenvalue weighted by molar-refractivity contribution is 5.95. The van der Waals surface area contributed by atoms with Gasteiger partial charge in [0.05, 0.1) is 22.7 Å². The molecule has 0 bridgehead atoms. The monoisotopic (exact) mass is 566 g/mol. The smallest absolute Gasteiger partial charge is 0.0534 e. The van der Waals surface area contributed by atoms with Crippen LogP contribution in [0.2, 0.25) is 0 Å². The fourth-order valence-corrected chi connectivity index (χ4v) is 6.11. The molecular formula is C42H34N2. The van der Waals surface area contributed by atoms with Crippen LogP contribution in [0.15, 0.2) is 146 Å². The predicted octanol–water partition coefficient (Wildman–Crippen LogP) is 12.3. The second-order valence-electron chi connectivity index (χ2n) is 10.7. The van der Waals surface area contributed by atoms with E-state index >= 15 is 0 Å². The summed E-state index contributed by atoms with van der Waals surface area (Å²) in [6, 6.07) is 52.2. The van der Waals surface area contributed by atoms with E-state index in [1.54, 1.807) is 0 Å². The Morgan fingerprint density at radius 1 is 0.295 bits per heavy atom. The quantitative estimate of drug-likeness (QED) is 0.210. The average Bonchev–Trinajstić information content (AvgIpc) is 3.38. The van der Waals surface area contributed by atoms with Crippen LogP contribution in [0.25, 0.3) is 35.4 Å². The van der Waals surface area contributed by atoms with Crippen molar-refractivity contribution in [2.45, 2.75) is 13.8 Å². The highest BCUT2D eigenvalue weighted by Crippen LogP contribution is 2.44. The van der Waals surface area contributed by atoms with E-state index in [0.29, 0.717) is 0 Å². The van der Waals surface area contributed by atoms with Gasteiger partial charge in [-0.1, -0.05) is 135 Å². The Morgan fingerprint density at radius 3 is 0.818 bits per heavy atom. The van der Waals surface area contributed by atoms with E-state index in [2.05, 4.69) is 180 Å². The molecule has 0 fully saturated rings. The predicted molar refractivity (Wildman–Crippen MR) is 190 cm³/mol. The molecule has 2 heterocycles. The summed E-state index contributed by atoms with van der Waals surface area (Å²) in [6.07, 6.45) is 8.84. The molecule has 44 heavy (non-hydrogen) atoms. The Hall–Kier alpha value is -5.60. The summed E-state index contributed by atoms with van der Waals surface area (Å²) < 4.78 is 0. The summed E-state index contributed by atoms with van der Waals surface area (Å²) in [4.78, 5) is 4.72. The van der Waals surface area contributed by atoms with Gasteiger partial charge in [-0.2, -0.15) is 0 Å². The third-order valence-electron chi connectivity index (χ3n) is 8.18. The fourth-order valence-electron chi connectivity index (χ4n) is 6.11. The Morgan fingerprint density at radius 2 is 0.545 bits per heavy atom. The van der Waals surface area contributed by atoms with Crippen LogP contribution in [0.4, 0.5) is 34.1 Å². The highest BCUT2D eigenvalue weighted by atomic mass is 15.2. The number of hydrogen-bond acceptors (Lipinski definition) is 2. The molecule has 6 aromatic carbocycles. The van der Waals surface area contributed by atoms with Crippen LogP contribution in [-0.2, 0) is 0 Å². The van der Waals surface area contributed by atoms with Gasteiger partial charge < -0.3 is 9.80 Å². The number of benzene rings is 6. The van der Waals surface area contributed by atoms with Gasteiger partial charge in [-0.3, -0.25) is 0 Å². The molecule has 0 radical (unpaired) electrons. The van der Waals surface area contributed by atoms with E-state index in [1.165, 1.54) is 56.1 Å². The first-order valence-corrected chi connectivity index (χ1v) is 15.4. The molecule has 0 saturated heterocycles. The molecule has 0 N–H and O–H groups in total. The number of hydrogen-bond donors (Lipinski definition) is 0. The molecule has 0 atom stereocenters. The van der Waals surface area contributed by atoms with Crippen LogP contribution in [-0.4, -0.2) is 0 Å². The van der Waals surface area contributed by atoms with Gasteiger partial charge in [0.15, 0.2) is 0 Å². The molecule has 6 aromatic rings. The summed E-state index contributed by atoms with van der Waals surface area (Å²) in [5, 5.41) is 0. The maximum atomic E-state index is 2.36. The lowest BCUT2D eigenvalue weighted by molar-refractivity contribution is 1.27. The average molecular weight is 567 g/mol. The molecule has 0 aliphatic carbocycles. The molecule has 0 saturated carbocycles. The molecule has 0 amide bonds. The maximum absolute atomic E-state index is 2.36. The molecule has 212 valence electrons. The summed E-state index contributed by atoms with van der Waals surface area (Å²) in [5.41, 5.74) is 14.2. The fraction of sp³-hybridized carbons (Fsp3) is 0.0476. The zero-order valence-corrected chi connectivity index (χ0v) is 25.1. The van der Waals surface area contributed by atoms with Crippen LogP contribution in [0.1, 0.15) is 36.1 Å². The van der Waals surface area contributed by atoms with Crippen molar-refractivity contribution in [3.05, 3.63) is 168 Å². The van der Waals surface area contributed by atoms with Crippen LogP contribution in [0.5, 0.6) is 0 Å². The van der Waals surface area contributed by atoms with E-state index in [9.17, 15) is 0 Å². The molecule has 2 nitrogen and oxygen atoms in total. The highest BCUT2D eigenvalue weighted by Gasteiger charge is 2.21. The Balaban J connectivity index is 0.00000153. The largest absolute Gasteiger partial charge is 0.309 e. The first kappa shape index (κ1) is 27.2. The van der Waals surface area contributed by atoms with Crippen LogP contribution in [0.3, 0.4) is 0 Å². The number of fused-ring (bicyclic) bond motifs is 4. The van der Waals surface area contributed by atoms with Gasteiger partial charge in [0, 0.05) is 11.4 Å². The standard InChI is InChI=1S/C40H28N2.C2H6/c1-5-13-37-31(9-1)17-18-32-10-2-6-14-38(32)41(37)35-25-21-29(22-26-35)30-23-27-36(28-24-30)42-39-15-7-3-11-33(39)19-20-34-12-4-8-16-40(34)42;1-2/h1-28H;1-2H3. The van der Waals surface area contributed by atoms with E-state index in [4.69, 9.17) is 0 Å². The molecule has 0 aromatic heterocycles. The van der Waals surface area contributed by atoms with Crippen molar-refractivity contribution in [2.24, 2.45) is 0 Å². The van der Waals surface area contributed by atoms with E-state index in [0.717, 1.165) is 11.4 Å². The zero-order valence-electron chi connectivity index (χ0n) is 25.1. The van der Waals surface area contributed by atoms with Gasteiger partial charge in [-0.25, -0.2) is 0 Å². The minimum Gasteiger partial charge on any atom is -0.309 e. The molecule has 8 rings (SSSR count). The second kappa shape index (κ2) is 11.9. The first-order chi connectivity index (χ1) is 21.8. The van der Waals surface area contributed by atoms with E-state index < -0.39 is 0 Å². The summed E-state index contributed by atoms with van der Waals surface area (Å²) >= 11 is 0. The Labute approximate surface area is 260 Å². The van der Waals surface area contributed by atoms with Crippen molar-refractivity contribution in [3.8, 4) is 11.1 Å². The molecule has 2 aliphatic rings. The lowest BCUT2D eigenvalue weighted by Gasteiger charge is -2.27. The third kappa shape index (κ3) is 4.91. The SMILES string of the molecule is C1=Cc2ccccc2N(c2ccc(-c3ccc(N4c5ccccc5C=Cc5ccccc54)cc3)cc2)c2ccccc21.CC. The van der Waals surface area contributed by atoms with Crippen LogP contribution >= 0.6 is 0 Å². The Kier molecular flexibility index (Phi) is 7.40. The molecular weight excluding hydrogens is 532 g/mol. The summed E-state index contributed by atoms with van der Waals surface area (Å²) in [6.45, 7) is 4.00. The number of anilines is 6. The van der Waals surface area contributed by atoms with Crippen molar-refractivity contribution < 1.29 is 0 Å². The second-order valence-corrected chi connectivity index (χ2v) is 10.7. The van der Waals surface area contributed by atoms with Gasteiger partial charge in [0.25, 0.3) is 0 Å². The normalized spacial score (nSPS) is 12.5. The number of nitrogens with zero attached hydrogens (tertiary/aromatic N) is 2. The zero-order chi connectivity index (χ0) is 29.9. The van der Waals surface area contributed by atoms with Gasteiger partial charge in [0.2, 0.25) is 0 Å². The number of para-hydroxylation sites is 4. The summed E-state index contributed by atoms with van der Waals surface area (Å²) in [5.74, 6) is 0. The van der Waals surface area contributed by atoms with Crippen molar-refractivity contribution in [1.82, 2.24) is 0 Å². The minimum atomic E-state index is 1.14. The van der Waals surface area contributed by atoms with Gasteiger partial charge in [-0.15, -0.1) is 0 Å². The van der Waals surface area contributed by atoms with Crippen molar-refractivity contribution >= 4 is 58.4 Å². The third-order valence-corrected chi connectivity index (χ3v) is 8.18. The summed E-state index contributed by atoms with van der Waals surface area (Å²) in [7, 11) is 0. The van der Waals surface area contributed by atoms with Crippen molar-refractivity contribution in [1.29, 1.82) is 0 Å². The van der Waals surface area contributed by atoms with Gasteiger partial charge in [-0.05, 0) is 81.9 Å². The van der Waals surface area contributed by atoms with Crippen LogP contribution < -0.4 is 9.80 Å². The lowest BCUT2D eigenvalue weighted by atomic mass is 10.0. The topological polar surface area (TPSA) is 6.48 Å². The van der Waals surface area contributed by atoms with Gasteiger partial charge in [0.1, 0.15) is 0 Å². The molecule has 2 heteroatoms. The molecule has 2 aliphatic heterocycles. The van der Waals surface area contributed by atoms with Gasteiger partial charge >= 0.3 is 0 Å². The van der Waals surface area contributed by atoms with E-state index in [1.807, 2.05) is 13.8 Å². The number of rotatable bonds is 3. The Bertz CT molecular complexity index is 1740. The molecule has 0 spiro atoms. The minimum absolute atomic E-state index is 1.14. The van der Waals surface area contributed by atoms with Crippen molar-refractivity contribution in [3.63, 3.8) is 0 Å².